The van der Waals surface area contributed by atoms with Gasteiger partial charge in [0.15, 0.2) is 0 Å². The Morgan fingerprint density at radius 3 is 2.42 bits per heavy atom. The van der Waals surface area contributed by atoms with Gasteiger partial charge in [-0.05, 0) is 38.0 Å². The number of amides is 1. The molecule has 26 heavy (non-hydrogen) atoms. The number of hydrogen-bond donors (Lipinski definition) is 2. The smallest absolute Gasteiger partial charge is 0.305 e. The lowest BCUT2D eigenvalue weighted by Crippen LogP contribution is -2.35. The van der Waals surface area contributed by atoms with Crippen LogP contribution in [0.1, 0.15) is 36.5 Å². The largest absolute Gasteiger partial charge is 0.481 e. The average molecular weight is 383 g/mol. The normalized spacial score (nSPS) is 15.9. The zero-order chi connectivity index (χ0) is 19.5. The Morgan fingerprint density at radius 2 is 1.88 bits per heavy atom. The van der Waals surface area contributed by atoms with E-state index in [0.29, 0.717) is 5.69 Å². The van der Waals surface area contributed by atoms with Crippen molar-refractivity contribution in [3.63, 3.8) is 0 Å². The fourth-order valence-electron chi connectivity index (χ4n) is 2.92. The van der Waals surface area contributed by atoms with Crippen molar-refractivity contribution in [1.29, 1.82) is 0 Å². The van der Waals surface area contributed by atoms with Crippen LogP contribution in [0.15, 0.2) is 23.1 Å². The minimum absolute atomic E-state index is 0.0292. The summed E-state index contributed by atoms with van der Waals surface area (Å²) in [6.45, 7) is 3.19. The van der Waals surface area contributed by atoms with Gasteiger partial charge in [-0.1, -0.05) is 0 Å². The zero-order valence-corrected chi connectivity index (χ0v) is 16.0. The van der Waals surface area contributed by atoms with Crippen LogP contribution in [0, 0.1) is 0 Å². The van der Waals surface area contributed by atoms with E-state index in [-0.39, 0.29) is 16.9 Å². The summed E-state index contributed by atoms with van der Waals surface area (Å²) in [5.74, 6) is -1.49. The molecule has 8 nitrogen and oxygen atoms in total. The number of carboxylic acid groups (broad SMARTS) is 1. The van der Waals surface area contributed by atoms with Crippen LogP contribution in [-0.2, 0) is 14.8 Å². The molecule has 1 fully saturated rings. The number of carbonyl (C=O) groups is 2. The first-order valence-corrected chi connectivity index (χ1v) is 9.91. The molecular formula is C17H25N3O5S. The monoisotopic (exact) mass is 383 g/mol. The number of nitrogens with one attached hydrogen (secondary N) is 1. The molecule has 1 atom stereocenters. The molecule has 1 unspecified atom stereocenters. The summed E-state index contributed by atoms with van der Waals surface area (Å²) in [6, 6.07) is 3.95. The number of hydrogen-bond acceptors (Lipinski definition) is 5. The van der Waals surface area contributed by atoms with E-state index in [4.69, 9.17) is 5.11 Å². The Labute approximate surface area is 153 Å². The molecule has 0 aromatic heterocycles. The van der Waals surface area contributed by atoms with Crippen molar-refractivity contribution >= 4 is 27.6 Å². The molecule has 144 valence electrons. The predicted molar refractivity (Wildman–Crippen MR) is 97.9 cm³/mol. The highest BCUT2D eigenvalue weighted by Crippen LogP contribution is 2.28. The molecule has 2 N–H and O–H groups in total. The summed E-state index contributed by atoms with van der Waals surface area (Å²) in [4.78, 5) is 25.6. The summed E-state index contributed by atoms with van der Waals surface area (Å²) in [7, 11) is -0.822. The zero-order valence-electron chi connectivity index (χ0n) is 15.2. The maximum atomic E-state index is 12.7. The SMILES string of the molecule is CC(CC(=O)O)NC(=O)c1cc(S(=O)(=O)N(C)C)ccc1N1CCCC1. The molecule has 1 heterocycles. The Balaban J connectivity index is 2.41. The standard InChI is InChI=1S/C17H25N3O5S/c1-12(10-16(21)22)18-17(23)14-11-13(26(24,25)19(2)3)6-7-15(14)20-8-4-5-9-20/h6-7,11-12H,4-5,8-10H2,1-3H3,(H,18,23)(H,21,22). The van der Waals surface area contributed by atoms with Crippen LogP contribution in [-0.4, -0.2) is 62.9 Å². The van der Waals surface area contributed by atoms with Crippen LogP contribution in [0.3, 0.4) is 0 Å². The fourth-order valence-corrected chi connectivity index (χ4v) is 3.85. The van der Waals surface area contributed by atoms with Gasteiger partial charge in [-0.2, -0.15) is 0 Å². The number of aliphatic carboxylic acids is 1. The predicted octanol–water partition coefficient (Wildman–Crippen LogP) is 1.13. The van der Waals surface area contributed by atoms with Crippen LogP contribution in [0.2, 0.25) is 0 Å². The molecule has 0 aliphatic carbocycles. The number of nitrogens with zero attached hydrogens (tertiary/aromatic N) is 2. The lowest BCUT2D eigenvalue weighted by Gasteiger charge is -2.23. The molecule has 2 rings (SSSR count). The highest BCUT2D eigenvalue weighted by molar-refractivity contribution is 7.89. The van der Waals surface area contributed by atoms with Crippen LogP contribution < -0.4 is 10.2 Å². The second kappa shape index (κ2) is 8.05. The van der Waals surface area contributed by atoms with Crippen molar-refractivity contribution in [2.24, 2.45) is 0 Å². The molecule has 1 aliphatic heterocycles. The van der Waals surface area contributed by atoms with Crippen molar-refractivity contribution in [3.8, 4) is 0 Å². The van der Waals surface area contributed by atoms with Crippen LogP contribution >= 0.6 is 0 Å². The van der Waals surface area contributed by atoms with Gasteiger partial charge < -0.3 is 15.3 Å². The molecule has 0 spiro atoms. The van der Waals surface area contributed by atoms with Gasteiger partial charge >= 0.3 is 5.97 Å². The van der Waals surface area contributed by atoms with Gasteiger partial charge in [0.2, 0.25) is 10.0 Å². The first kappa shape index (κ1) is 20.2. The molecule has 0 bridgehead atoms. The van der Waals surface area contributed by atoms with E-state index in [1.165, 1.54) is 26.2 Å². The third kappa shape index (κ3) is 4.53. The van der Waals surface area contributed by atoms with Gasteiger partial charge in [0, 0.05) is 38.9 Å². The fraction of sp³-hybridized carbons (Fsp3) is 0.529. The Morgan fingerprint density at radius 1 is 1.27 bits per heavy atom. The van der Waals surface area contributed by atoms with Gasteiger partial charge in [0.25, 0.3) is 5.91 Å². The second-order valence-electron chi connectivity index (χ2n) is 6.63. The van der Waals surface area contributed by atoms with Crippen molar-refractivity contribution in [3.05, 3.63) is 23.8 Å². The van der Waals surface area contributed by atoms with Crippen LogP contribution in [0.5, 0.6) is 0 Å². The Hall–Kier alpha value is -2.13. The van der Waals surface area contributed by atoms with E-state index in [0.717, 1.165) is 30.2 Å². The van der Waals surface area contributed by atoms with E-state index >= 15 is 0 Å². The van der Waals surface area contributed by atoms with Gasteiger partial charge in [-0.25, -0.2) is 12.7 Å². The van der Waals surface area contributed by atoms with E-state index in [2.05, 4.69) is 5.32 Å². The van der Waals surface area contributed by atoms with E-state index < -0.39 is 27.9 Å². The summed E-state index contributed by atoms with van der Waals surface area (Å²) in [5, 5.41) is 11.5. The lowest BCUT2D eigenvalue weighted by molar-refractivity contribution is -0.137. The van der Waals surface area contributed by atoms with Crippen molar-refractivity contribution < 1.29 is 23.1 Å². The molecule has 0 saturated carbocycles. The first-order valence-electron chi connectivity index (χ1n) is 8.47. The number of rotatable bonds is 7. The second-order valence-corrected chi connectivity index (χ2v) is 8.78. The van der Waals surface area contributed by atoms with Gasteiger partial charge in [-0.15, -0.1) is 0 Å². The number of anilines is 1. The molecule has 1 saturated heterocycles. The Kier molecular flexibility index (Phi) is 6.25. The van der Waals surface area contributed by atoms with Crippen molar-refractivity contribution in [2.75, 3.05) is 32.1 Å². The number of benzene rings is 1. The van der Waals surface area contributed by atoms with E-state index in [9.17, 15) is 18.0 Å². The van der Waals surface area contributed by atoms with Gasteiger partial charge in [0.05, 0.1) is 16.9 Å². The minimum Gasteiger partial charge on any atom is -0.481 e. The number of carboxylic acids is 1. The van der Waals surface area contributed by atoms with Gasteiger partial charge in [-0.3, -0.25) is 9.59 Å². The van der Waals surface area contributed by atoms with Crippen molar-refractivity contribution in [1.82, 2.24) is 9.62 Å². The van der Waals surface area contributed by atoms with Gasteiger partial charge in [0.1, 0.15) is 0 Å². The maximum absolute atomic E-state index is 12.7. The minimum atomic E-state index is -3.68. The summed E-state index contributed by atoms with van der Waals surface area (Å²) >= 11 is 0. The summed E-state index contributed by atoms with van der Waals surface area (Å²) < 4.78 is 25.9. The summed E-state index contributed by atoms with van der Waals surface area (Å²) in [5.41, 5.74) is 0.910. The third-order valence-corrected chi connectivity index (χ3v) is 6.11. The highest BCUT2D eigenvalue weighted by atomic mass is 32.2. The molecule has 1 aromatic rings. The van der Waals surface area contributed by atoms with E-state index in [1.807, 2.05) is 4.90 Å². The molecule has 1 aliphatic rings. The van der Waals surface area contributed by atoms with Crippen LogP contribution in [0.4, 0.5) is 5.69 Å². The third-order valence-electron chi connectivity index (χ3n) is 4.30. The van der Waals surface area contributed by atoms with Crippen molar-refractivity contribution in [2.45, 2.75) is 37.1 Å². The molecule has 0 radical (unpaired) electrons. The maximum Gasteiger partial charge on any atom is 0.305 e. The first-order chi connectivity index (χ1) is 12.1. The number of sulfonamides is 1. The Bertz CT molecular complexity index is 786. The summed E-state index contributed by atoms with van der Waals surface area (Å²) in [6.07, 6.45) is 1.81. The van der Waals surface area contributed by atoms with Crippen LogP contribution in [0.25, 0.3) is 0 Å². The topological polar surface area (TPSA) is 107 Å². The molecule has 9 heteroatoms. The lowest BCUT2D eigenvalue weighted by atomic mass is 10.1. The highest BCUT2D eigenvalue weighted by Gasteiger charge is 2.25. The quantitative estimate of drug-likeness (QED) is 0.731. The average Bonchev–Trinajstić information content (AvgIpc) is 3.07. The van der Waals surface area contributed by atoms with E-state index in [1.54, 1.807) is 13.0 Å². The number of carbonyl (C=O) groups excluding carboxylic acids is 1. The molecular weight excluding hydrogens is 358 g/mol. The molecule has 1 aromatic carbocycles. The molecule has 1 amide bonds.